The number of hydrogen-bond acceptors (Lipinski definition) is 6. The predicted octanol–water partition coefficient (Wildman–Crippen LogP) is 3.81. The molecule has 3 aromatic rings. The van der Waals surface area contributed by atoms with E-state index in [1.807, 2.05) is 25.1 Å². The van der Waals surface area contributed by atoms with Crippen molar-refractivity contribution < 1.29 is 22.7 Å². The number of nitrogens with zero attached hydrogens (tertiary/aromatic N) is 1. The molecule has 0 fully saturated rings. The van der Waals surface area contributed by atoms with Crippen LogP contribution in [0.3, 0.4) is 0 Å². The normalized spacial score (nSPS) is 12.4. The Labute approximate surface area is 180 Å². The monoisotopic (exact) mass is 448 g/mol. The maximum atomic E-state index is 12.8. The van der Waals surface area contributed by atoms with Crippen molar-refractivity contribution in [2.45, 2.75) is 13.0 Å². The maximum absolute atomic E-state index is 12.8. The predicted molar refractivity (Wildman–Crippen MR) is 120 cm³/mol. The van der Waals surface area contributed by atoms with Crippen molar-refractivity contribution in [2.75, 3.05) is 31.8 Å². The third-order valence-corrected chi connectivity index (χ3v) is 7.16. The molecule has 0 bridgehead atoms. The van der Waals surface area contributed by atoms with Crippen LogP contribution in [0.4, 0.5) is 5.69 Å². The van der Waals surface area contributed by atoms with Gasteiger partial charge in [0.25, 0.3) is 5.91 Å². The van der Waals surface area contributed by atoms with Crippen LogP contribution in [-0.2, 0) is 10.0 Å². The number of nitrogens with one attached hydrogen (secondary N) is 1. The third kappa shape index (κ3) is 4.52. The van der Waals surface area contributed by atoms with E-state index in [9.17, 15) is 13.2 Å². The fourth-order valence-electron chi connectivity index (χ4n) is 3.00. The van der Waals surface area contributed by atoms with Crippen molar-refractivity contribution in [3.05, 3.63) is 52.9 Å². The molecule has 1 amide bonds. The molecular weight excluding hydrogens is 424 g/mol. The van der Waals surface area contributed by atoms with Crippen molar-refractivity contribution in [3.8, 4) is 11.5 Å². The molecule has 30 heavy (non-hydrogen) atoms. The minimum absolute atomic E-state index is 0.198. The van der Waals surface area contributed by atoms with Crippen molar-refractivity contribution in [1.29, 1.82) is 0 Å². The lowest BCUT2D eigenvalue weighted by Gasteiger charge is -2.16. The Balaban J connectivity index is 1.81. The zero-order valence-corrected chi connectivity index (χ0v) is 19.1. The Bertz CT molecular complexity index is 1190. The second kappa shape index (κ2) is 8.53. The molecule has 2 aromatic carbocycles. The highest BCUT2D eigenvalue weighted by atomic mass is 32.2. The molecule has 3 rings (SSSR count). The minimum atomic E-state index is -3.35. The summed E-state index contributed by atoms with van der Waals surface area (Å²) in [5.41, 5.74) is 1.44. The molecule has 0 spiro atoms. The lowest BCUT2D eigenvalue weighted by atomic mass is 10.1. The second-order valence-corrected chi connectivity index (χ2v) is 9.97. The van der Waals surface area contributed by atoms with Gasteiger partial charge in [0.2, 0.25) is 10.0 Å². The van der Waals surface area contributed by atoms with E-state index in [0.717, 1.165) is 21.9 Å². The van der Waals surface area contributed by atoms with Crippen LogP contribution >= 0.6 is 11.3 Å². The van der Waals surface area contributed by atoms with Gasteiger partial charge in [-0.2, -0.15) is 0 Å². The Hall–Kier alpha value is -2.78. The Morgan fingerprint density at radius 2 is 1.77 bits per heavy atom. The van der Waals surface area contributed by atoms with E-state index in [4.69, 9.17) is 9.47 Å². The highest BCUT2D eigenvalue weighted by molar-refractivity contribution is 7.92. The van der Waals surface area contributed by atoms with Crippen molar-refractivity contribution >= 4 is 43.0 Å². The summed E-state index contributed by atoms with van der Waals surface area (Å²) in [7, 11) is 1.29. The number of thiophene rings is 1. The molecule has 0 unspecified atom stereocenters. The van der Waals surface area contributed by atoms with Gasteiger partial charge in [-0.05, 0) is 54.3 Å². The van der Waals surface area contributed by atoms with E-state index in [1.54, 1.807) is 38.5 Å². The summed E-state index contributed by atoms with van der Waals surface area (Å²) in [6, 6.07) is 12.4. The Morgan fingerprint density at radius 1 is 1.07 bits per heavy atom. The van der Waals surface area contributed by atoms with Crippen LogP contribution in [0.1, 0.15) is 28.2 Å². The van der Waals surface area contributed by atoms with Crippen LogP contribution in [0.15, 0.2) is 42.5 Å². The second-order valence-electron chi connectivity index (χ2n) is 6.87. The number of fused-ring (bicyclic) bond motifs is 1. The van der Waals surface area contributed by atoms with Gasteiger partial charge >= 0.3 is 0 Å². The smallest absolute Gasteiger partial charge is 0.261 e. The fraction of sp³-hybridized carbons (Fsp3) is 0.286. The topological polar surface area (TPSA) is 84.9 Å². The van der Waals surface area contributed by atoms with Crippen molar-refractivity contribution in [3.63, 3.8) is 0 Å². The lowest BCUT2D eigenvalue weighted by molar-refractivity contribution is 0.0944. The molecule has 1 atom stereocenters. The van der Waals surface area contributed by atoms with Gasteiger partial charge in [0.1, 0.15) is 0 Å². The van der Waals surface area contributed by atoms with Gasteiger partial charge in [-0.3, -0.25) is 9.10 Å². The van der Waals surface area contributed by atoms with E-state index in [2.05, 4.69) is 5.32 Å². The van der Waals surface area contributed by atoms with Gasteiger partial charge in [0.15, 0.2) is 11.5 Å². The van der Waals surface area contributed by atoms with Crippen LogP contribution in [0.5, 0.6) is 11.5 Å². The molecule has 7 nitrogen and oxygen atoms in total. The first-order chi connectivity index (χ1) is 14.1. The largest absolute Gasteiger partial charge is 0.493 e. The molecule has 0 radical (unpaired) electrons. The quantitative estimate of drug-likeness (QED) is 0.594. The molecule has 0 saturated heterocycles. The minimum Gasteiger partial charge on any atom is -0.493 e. The van der Waals surface area contributed by atoms with Crippen molar-refractivity contribution in [1.82, 2.24) is 5.32 Å². The molecule has 1 heterocycles. The Morgan fingerprint density at radius 3 is 2.40 bits per heavy atom. The van der Waals surface area contributed by atoms with Crippen LogP contribution in [0.25, 0.3) is 10.1 Å². The summed E-state index contributed by atoms with van der Waals surface area (Å²) in [5, 5.41) is 3.81. The number of ether oxygens (including phenoxy) is 2. The van der Waals surface area contributed by atoms with Crippen LogP contribution in [0.2, 0.25) is 0 Å². The number of amides is 1. The SMILES string of the molecule is COc1ccc([C@H](C)NC(=O)c2cc3cc(N(C)S(C)(=O)=O)ccc3s2)cc1OC. The number of carbonyl (C=O) groups excluding carboxylic acids is 1. The molecule has 0 aliphatic carbocycles. The number of methoxy groups -OCH3 is 2. The molecule has 1 N–H and O–H groups in total. The van der Waals surface area contributed by atoms with Gasteiger partial charge in [-0.25, -0.2) is 8.42 Å². The van der Waals surface area contributed by atoms with Gasteiger partial charge in [0, 0.05) is 11.7 Å². The van der Waals surface area contributed by atoms with Crippen LogP contribution in [0, 0.1) is 0 Å². The van der Waals surface area contributed by atoms with E-state index in [0.29, 0.717) is 22.1 Å². The first kappa shape index (κ1) is 21.9. The summed E-state index contributed by atoms with van der Waals surface area (Å²) >= 11 is 1.36. The molecule has 9 heteroatoms. The summed E-state index contributed by atoms with van der Waals surface area (Å²) in [6.07, 6.45) is 1.15. The summed E-state index contributed by atoms with van der Waals surface area (Å²) < 4.78 is 36.2. The highest BCUT2D eigenvalue weighted by Crippen LogP contribution is 2.32. The summed E-state index contributed by atoms with van der Waals surface area (Å²) in [6.45, 7) is 1.89. The zero-order chi connectivity index (χ0) is 22.1. The van der Waals surface area contributed by atoms with Gasteiger partial charge in [-0.1, -0.05) is 6.07 Å². The standard InChI is InChI=1S/C21H24N2O5S2/c1-13(14-6-8-17(27-3)18(11-14)28-4)22-21(24)20-12-15-10-16(7-9-19(15)29-20)23(2)30(5,25)26/h6-13H,1-5H3,(H,22,24)/t13-/m0/s1. The first-order valence-electron chi connectivity index (χ1n) is 9.14. The molecule has 0 aliphatic heterocycles. The van der Waals surface area contributed by atoms with E-state index < -0.39 is 10.0 Å². The van der Waals surface area contributed by atoms with Gasteiger partial charge < -0.3 is 14.8 Å². The number of hydrogen-bond donors (Lipinski definition) is 1. The number of rotatable bonds is 7. The molecule has 1 aromatic heterocycles. The van der Waals surface area contributed by atoms with E-state index in [1.165, 1.54) is 22.7 Å². The highest BCUT2D eigenvalue weighted by Gasteiger charge is 2.17. The zero-order valence-electron chi connectivity index (χ0n) is 17.4. The number of anilines is 1. The number of benzene rings is 2. The third-order valence-electron chi connectivity index (χ3n) is 4.84. The molecule has 0 saturated carbocycles. The maximum Gasteiger partial charge on any atom is 0.261 e. The molecule has 0 aliphatic rings. The van der Waals surface area contributed by atoms with Crippen molar-refractivity contribution in [2.24, 2.45) is 0 Å². The number of carbonyl (C=O) groups is 1. The first-order valence-corrected chi connectivity index (χ1v) is 11.8. The summed E-state index contributed by atoms with van der Waals surface area (Å²) in [5.74, 6) is 1.02. The number of sulfonamides is 1. The fourth-order valence-corrected chi connectivity index (χ4v) is 4.45. The van der Waals surface area contributed by atoms with E-state index in [-0.39, 0.29) is 11.9 Å². The van der Waals surface area contributed by atoms with Gasteiger partial charge in [0.05, 0.1) is 37.1 Å². The lowest BCUT2D eigenvalue weighted by Crippen LogP contribution is -2.25. The Kier molecular flexibility index (Phi) is 6.23. The summed E-state index contributed by atoms with van der Waals surface area (Å²) in [4.78, 5) is 13.3. The van der Waals surface area contributed by atoms with E-state index >= 15 is 0 Å². The molecule has 160 valence electrons. The average Bonchev–Trinajstić information content (AvgIpc) is 3.15. The average molecular weight is 449 g/mol. The van der Waals surface area contributed by atoms with Gasteiger partial charge in [-0.15, -0.1) is 11.3 Å². The van der Waals surface area contributed by atoms with Crippen LogP contribution in [-0.4, -0.2) is 41.8 Å². The van der Waals surface area contributed by atoms with Crippen LogP contribution < -0.4 is 19.1 Å². The molecular formula is C21H24N2O5S2.